The Kier molecular flexibility index (Phi) is 6.37. The average molecular weight is 386 g/mol. The van der Waals surface area contributed by atoms with Crippen molar-refractivity contribution in [3.63, 3.8) is 0 Å². The fraction of sp³-hybridized carbons (Fsp3) is 0.217. The van der Waals surface area contributed by atoms with Crippen molar-refractivity contribution in [3.8, 4) is 16.9 Å². The molecule has 0 heterocycles. The molecular formula is C23H21F3O2. The number of aromatic hydroxyl groups is 1. The molecule has 0 spiro atoms. The van der Waals surface area contributed by atoms with E-state index in [1.165, 1.54) is 12.1 Å². The van der Waals surface area contributed by atoms with Crippen LogP contribution in [0.4, 0.5) is 13.2 Å². The summed E-state index contributed by atoms with van der Waals surface area (Å²) in [4.78, 5) is 0. The molecule has 0 aliphatic heterocycles. The Morgan fingerprint density at radius 1 is 0.821 bits per heavy atom. The van der Waals surface area contributed by atoms with E-state index in [0.717, 1.165) is 11.6 Å². The quantitative estimate of drug-likeness (QED) is 0.556. The van der Waals surface area contributed by atoms with Crippen molar-refractivity contribution >= 4 is 0 Å². The lowest BCUT2D eigenvalue weighted by Crippen LogP contribution is -2.00. The van der Waals surface area contributed by atoms with Gasteiger partial charge >= 0.3 is 0 Å². The molecule has 0 unspecified atom stereocenters. The van der Waals surface area contributed by atoms with Gasteiger partial charge in [0.05, 0.1) is 6.61 Å². The van der Waals surface area contributed by atoms with Gasteiger partial charge in [0.2, 0.25) is 0 Å². The van der Waals surface area contributed by atoms with E-state index in [4.69, 9.17) is 4.74 Å². The summed E-state index contributed by atoms with van der Waals surface area (Å²) in [5, 5.41) is 9.26. The summed E-state index contributed by atoms with van der Waals surface area (Å²) >= 11 is 0. The van der Waals surface area contributed by atoms with E-state index in [9.17, 15) is 18.3 Å². The lowest BCUT2D eigenvalue weighted by molar-refractivity contribution is 0.131. The minimum Gasteiger partial charge on any atom is -0.508 e. The molecule has 0 amide bonds. The number of rotatable bonds is 7. The van der Waals surface area contributed by atoms with E-state index in [1.807, 2.05) is 12.1 Å². The van der Waals surface area contributed by atoms with Crippen molar-refractivity contribution in [2.24, 2.45) is 0 Å². The van der Waals surface area contributed by atoms with Gasteiger partial charge in [0.25, 0.3) is 0 Å². The molecule has 0 fully saturated rings. The van der Waals surface area contributed by atoms with Crippen LogP contribution in [0.3, 0.4) is 0 Å². The number of hydrogen-bond acceptors (Lipinski definition) is 2. The normalized spacial score (nSPS) is 11.0. The lowest BCUT2D eigenvalue weighted by Gasteiger charge is -2.10. The van der Waals surface area contributed by atoms with Gasteiger partial charge in [-0.05, 0) is 42.5 Å². The molecule has 0 aliphatic rings. The summed E-state index contributed by atoms with van der Waals surface area (Å²) in [6.45, 7) is 2.25. The zero-order valence-electron chi connectivity index (χ0n) is 15.5. The molecule has 28 heavy (non-hydrogen) atoms. The monoisotopic (exact) mass is 386 g/mol. The van der Waals surface area contributed by atoms with Gasteiger partial charge in [-0.15, -0.1) is 0 Å². The maximum Gasteiger partial charge on any atom is 0.167 e. The second kappa shape index (κ2) is 8.93. The van der Waals surface area contributed by atoms with Crippen molar-refractivity contribution in [1.29, 1.82) is 0 Å². The van der Waals surface area contributed by atoms with Crippen LogP contribution in [-0.2, 0) is 24.2 Å². The number of phenols is 1. The van der Waals surface area contributed by atoms with Crippen molar-refractivity contribution in [1.82, 2.24) is 0 Å². The molecule has 0 aromatic heterocycles. The van der Waals surface area contributed by atoms with Crippen LogP contribution < -0.4 is 0 Å². The van der Waals surface area contributed by atoms with Crippen LogP contribution in [0.2, 0.25) is 0 Å². The van der Waals surface area contributed by atoms with Crippen LogP contribution >= 0.6 is 0 Å². The number of halogens is 3. The number of benzene rings is 3. The summed E-state index contributed by atoms with van der Waals surface area (Å²) in [6.07, 6.45) is 1.06. The fourth-order valence-corrected chi connectivity index (χ4v) is 3.00. The van der Waals surface area contributed by atoms with Crippen molar-refractivity contribution in [2.75, 3.05) is 6.61 Å². The SMILES string of the molecule is CCOCc1ccc(-c2ccc(CCc3ccc(O)cc3F)cc2)c(F)c1F. The third kappa shape index (κ3) is 4.54. The van der Waals surface area contributed by atoms with Gasteiger partial charge in [-0.25, -0.2) is 13.2 Å². The van der Waals surface area contributed by atoms with Gasteiger partial charge in [0.1, 0.15) is 11.6 Å². The van der Waals surface area contributed by atoms with Crippen LogP contribution in [0, 0.1) is 17.5 Å². The fourth-order valence-electron chi connectivity index (χ4n) is 3.00. The topological polar surface area (TPSA) is 29.5 Å². The van der Waals surface area contributed by atoms with Gasteiger partial charge < -0.3 is 9.84 Å². The van der Waals surface area contributed by atoms with Gasteiger partial charge in [-0.1, -0.05) is 42.5 Å². The molecule has 0 radical (unpaired) electrons. The van der Waals surface area contributed by atoms with Crippen LogP contribution in [-0.4, -0.2) is 11.7 Å². The highest BCUT2D eigenvalue weighted by atomic mass is 19.2. The van der Waals surface area contributed by atoms with Gasteiger partial charge in [-0.3, -0.25) is 0 Å². The molecule has 0 bridgehead atoms. The Morgan fingerprint density at radius 2 is 1.54 bits per heavy atom. The van der Waals surface area contributed by atoms with Crippen molar-refractivity contribution < 1.29 is 23.0 Å². The Hall–Kier alpha value is -2.79. The number of hydrogen-bond donors (Lipinski definition) is 1. The van der Waals surface area contributed by atoms with Gasteiger partial charge in [0, 0.05) is 23.8 Å². The first-order valence-corrected chi connectivity index (χ1v) is 9.11. The molecule has 3 rings (SSSR count). The second-order valence-corrected chi connectivity index (χ2v) is 6.51. The van der Waals surface area contributed by atoms with Gasteiger partial charge in [-0.2, -0.15) is 0 Å². The summed E-state index contributed by atoms with van der Waals surface area (Å²) in [6, 6.07) is 14.3. The van der Waals surface area contributed by atoms with E-state index >= 15 is 0 Å². The maximum absolute atomic E-state index is 14.4. The average Bonchev–Trinajstić information content (AvgIpc) is 2.69. The summed E-state index contributed by atoms with van der Waals surface area (Å²) in [5.74, 6) is -2.33. The Labute approximate surface area is 162 Å². The number of ether oxygens (including phenoxy) is 1. The minimum atomic E-state index is -0.892. The molecule has 0 atom stereocenters. The molecule has 3 aromatic rings. The second-order valence-electron chi connectivity index (χ2n) is 6.51. The van der Waals surface area contributed by atoms with Crippen LogP contribution in [0.15, 0.2) is 54.6 Å². The smallest absolute Gasteiger partial charge is 0.167 e. The molecule has 0 saturated carbocycles. The van der Waals surface area contributed by atoms with E-state index in [1.54, 1.807) is 31.2 Å². The molecule has 1 N–H and O–H groups in total. The molecular weight excluding hydrogens is 365 g/mol. The molecule has 5 heteroatoms. The third-order valence-corrected chi connectivity index (χ3v) is 4.61. The largest absolute Gasteiger partial charge is 0.508 e. The first kappa shape index (κ1) is 20.0. The predicted molar refractivity (Wildman–Crippen MR) is 103 cm³/mol. The van der Waals surface area contributed by atoms with Crippen LogP contribution in [0.25, 0.3) is 11.1 Å². The number of phenolic OH excluding ortho intramolecular Hbond substituents is 1. The molecule has 3 aromatic carbocycles. The van der Waals surface area contributed by atoms with Crippen LogP contribution in [0.5, 0.6) is 5.75 Å². The first-order chi connectivity index (χ1) is 13.5. The molecule has 2 nitrogen and oxygen atoms in total. The summed E-state index contributed by atoms with van der Waals surface area (Å²) in [7, 11) is 0. The predicted octanol–water partition coefficient (Wildman–Crippen LogP) is 5.80. The minimum absolute atomic E-state index is 0.0340. The Bertz CT molecular complexity index is 953. The highest BCUT2D eigenvalue weighted by molar-refractivity contribution is 5.65. The molecule has 0 saturated heterocycles. The number of aryl methyl sites for hydroxylation is 2. The standard InChI is InChI=1S/C23H21F3O2/c1-2-28-14-18-10-12-20(23(26)22(18)25)16-6-3-15(4-7-16)5-8-17-9-11-19(27)13-21(17)24/h3-4,6-7,9-13,27H,2,5,8,14H2,1H3. The Balaban J connectivity index is 1.73. The maximum atomic E-state index is 14.4. The highest BCUT2D eigenvalue weighted by Crippen LogP contribution is 2.27. The molecule has 0 aliphatic carbocycles. The van der Waals surface area contributed by atoms with E-state index < -0.39 is 17.5 Å². The van der Waals surface area contributed by atoms with E-state index in [0.29, 0.717) is 30.6 Å². The third-order valence-electron chi connectivity index (χ3n) is 4.61. The zero-order chi connectivity index (χ0) is 20.1. The van der Waals surface area contributed by atoms with Gasteiger partial charge in [0.15, 0.2) is 11.6 Å². The zero-order valence-corrected chi connectivity index (χ0v) is 15.5. The van der Waals surface area contributed by atoms with Crippen LogP contribution in [0.1, 0.15) is 23.6 Å². The Morgan fingerprint density at radius 3 is 2.21 bits per heavy atom. The highest BCUT2D eigenvalue weighted by Gasteiger charge is 2.15. The molecule has 146 valence electrons. The van der Waals surface area contributed by atoms with Crippen molar-refractivity contribution in [2.45, 2.75) is 26.4 Å². The summed E-state index contributed by atoms with van der Waals surface area (Å²) < 4.78 is 47.6. The summed E-state index contributed by atoms with van der Waals surface area (Å²) in [5.41, 5.74) is 2.41. The van der Waals surface area contributed by atoms with E-state index in [-0.39, 0.29) is 23.5 Å². The van der Waals surface area contributed by atoms with Crippen molar-refractivity contribution in [3.05, 3.63) is 88.7 Å². The lowest BCUT2D eigenvalue weighted by atomic mass is 9.99. The van der Waals surface area contributed by atoms with E-state index in [2.05, 4.69) is 0 Å². The first-order valence-electron chi connectivity index (χ1n) is 9.11.